The molecule has 2 heterocycles. The van der Waals surface area contributed by atoms with Gasteiger partial charge >= 0.3 is 12.1 Å². The molecule has 2 fully saturated rings. The standard InChI is InChI=1S/C16H20FN3O4/c17-12-1-3-13(4-2-12)18-15(21)19-6-8-20(9-7-19)16(22)24-14-5-10-23-11-14/h1-4,14H,5-11H2,(H,18,21). The second-order valence-electron chi connectivity index (χ2n) is 5.78. The Bertz CT molecular complexity index is 581. The van der Waals surface area contributed by atoms with E-state index in [2.05, 4.69) is 5.32 Å². The van der Waals surface area contributed by atoms with Gasteiger partial charge in [-0.15, -0.1) is 0 Å². The first-order valence-electron chi connectivity index (χ1n) is 7.96. The van der Waals surface area contributed by atoms with Crippen LogP contribution in [0.3, 0.4) is 0 Å². The maximum absolute atomic E-state index is 12.9. The molecule has 0 bridgehead atoms. The highest BCUT2D eigenvalue weighted by Crippen LogP contribution is 2.13. The fraction of sp³-hybridized carbons (Fsp3) is 0.500. The number of piperazine rings is 1. The number of nitrogens with zero attached hydrogens (tertiary/aromatic N) is 2. The van der Waals surface area contributed by atoms with Gasteiger partial charge in [0.1, 0.15) is 11.9 Å². The van der Waals surface area contributed by atoms with Gasteiger partial charge in [-0.25, -0.2) is 14.0 Å². The first-order chi connectivity index (χ1) is 11.6. The molecule has 1 atom stereocenters. The third-order valence-electron chi connectivity index (χ3n) is 4.08. The lowest BCUT2D eigenvalue weighted by Gasteiger charge is -2.34. The molecular formula is C16H20FN3O4. The van der Waals surface area contributed by atoms with E-state index < -0.39 is 0 Å². The van der Waals surface area contributed by atoms with Crippen LogP contribution in [0.15, 0.2) is 24.3 Å². The van der Waals surface area contributed by atoms with Crippen LogP contribution in [0.1, 0.15) is 6.42 Å². The molecule has 8 heteroatoms. The number of ether oxygens (including phenoxy) is 2. The molecule has 0 saturated carbocycles. The van der Waals surface area contributed by atoms with Crippen LogP contribution in [0.4, 0.5) is 19.7 Å². The summed E-state index contributed by atoms with van der Waals surface area (Å²) in [5.41, 5.74) is 0.532. The molecule has 1 aromatic carbocycles. The predicted molar refractivity (Wildman–Crippen MR) is 84.3 cm³/mol. The predicted octanol–water partition coefficient (Wildman–Crippen LogP) is 1.90. The van der Waals surface area contributed by atoms with Gasteiger partial charge in [-0.2, -0.15) is 0 Å². The number of halogens is 1. The molecule has 2 aliphatic heterocycles. The summed E-state index contributed by atoms with van der Waals surface area (Å²) in [6.07, 6.45) is 0.201. The van der Waals surface area contributed by atoms with Crippen molar-refractivity contribution in [3.63, 3.8) is 0 Å². The van der Waals surface area contributed by atoms with Gasteiger partial charge in [-0.3, -0.25) is 0 Å². The van der Waals surface area contributed by atoms with Crippen LogP contribution in [-0.2, 0) is 9.47 Å². The third kappa shape index (κ3) is 4.14. The Hall–Kier alpha value is -2.35. The maximum atomic E-state index is 12.9. The molecular weight excluding hydrogens is 317 g/mol. The van der Waals surface area contributed by atoms with E-state index in [0.717, 1.165) is 6.42 Å². The van der Waals surface area contributed by atoms with Gasteiger partial charge in [0.2, 0.25) is 0 Å². The van der Waals surface area contributed by atoms with Crippen molar-refractivity contribution in [3.8, 4) is 0 Å². The number of hydrogen-bond acceptors (Lipinski definition) is 4. The molecule has 2 saturated heterocycles. The Morgan fingerprint density at radius 1 is 1.12 bits per heavy atom. The zero-order chi connectivity index (χ0) is 16.9. The van der Waals surface area contributed by atoms with E-state index in [9.17, 15) is 14.0 Å². The molecule has 3 rings (SSSR count). The van der Waals surface area contributed by atoms with E-state index in [1.165, 1.54) is 24.3 Å². The molecule has 0 spiro atoms. The first-order valence-corrected chi connectivity index (χ1v) is 7.96. The quantitative estimate of drug-likeness (QED) is 0.895. The van der Waals surface area contributed by atoms with E-state index in [1.807, 2.05) is 0 Å². The lowest BCUT2D eigenvalue weighted by molar-refractivity contribution is 0.0447. The zero-order valence-corrected chi connectivity index (χ0v) is 13.2. The van der Waals surface area contributed by atoms with Crippen molar-refractivity contribution in [2.45, 2.75) is 12.5 Å². The van der Waals surface area contributed by atoms with Crippen LogP contribution in [0.5, 0.6) is 0 Å². The van der Waals surface area contributed by atoms with Crippen molar-refractivity contribution in [1.29, 1.82) is 0 Å². The molecule has 1 unspecified atom stereocenters. The van der Waals surface area contributed by atoms with Crippen LogP contribution in [0.25, 0.3) is 0 Å². The van der Waals surface area contributed by atoms with E-state index in [0.29, 0.717) is 45.1 Å². The molecule has 0 aliphatic carbocycles. The number of amides is 3. The monoisotopic (exact) mass is 337 g/mol. The van der Waals surface area contributed by atoms with E-state index in [-0.39, 0.29) is 24.0 Å². The van der Waals surface area contributed by atoms with Gasteiger partial charge in [-0.05, 0) is 24.3 Å². The summed E-state index contributed by atoms with van der Waals surface area (Å²) in [6, 6.07) is 5.32. The lowest BCUT2D eigenvalue weighted by atomic mass is 10.3. The number of carbonyl (C=O) groups excluding carboxylic acids is 2. The minimum Gasteiger partial charge on any atom is -0.444 e. The normalized spacial score (nSPS) is 20.8. The Balaban J connectivity index is 1.44. The van der Waals surface area contributed by atoms with Crippen molar-refractivity contribution in [1.82, 2.24) is 9.80 Å². The average Bonchev–Trinajstić information content (AvgIpc) is 3.10. The Morgan fingerprint density at radius 2 is 1.79 bits per heavy atom. The summed E-state index contributed by atoms with van der Waals surface area (Å²) >= 11 is 0. The summed E-state index contributed by atoms with van der Waals surface area (Å²) in [6.45, 7) is 2.75. The Kier molecular flexibility index (Phi) is 5.14. The number of benzene rings is 1. The van der Waals surface area contributed by atoms with E-state index in [1.54, 1.807) is 9.80 Å². The van der Waals surface area contributed by atoms with E-state index >= 15 is 0 Å². The van der Waals surface area contributed by atoms with Gasteiger partial charge in [0.15, 0.2) is 0 Å². The smallest absolute Gasteiger partial charge is 0.410 e. The van der Waals surface area contributed by atoms with Crippen molar-refractivity contribution in [2.24, 2.45) is 0 Å². The summed E-state index contributed by atoms with van der Waals surface area (Å²) in [5, 5.41) is 2.71. The maximum Gasteiger partial charge on any atom is 0.410 e. The Morgan fingerprint density at radius 3 is 2.42 bits per heavy atom. The summed E-state index contributed by atoms with van der Waals surface area (Å²) < 4.78 is 23.4. The fourth-order valence-electron chi connectivity index (χ4n) is 2.65. The minimum atomic E-state index is -0.357. The van der Waals surface area contributed by atoms with Crippen LogP contribution in [0.2, 0.25) is 0 Å². The van der Waals surface area contributed by atoms with Gasteiger partial charge < -0.3 is 24.6 Å². The van der Waals surface area contributed by atoms with Gasteiger partial charge in [0.25, 0.3) is 0 Å². The van der Waals surface area contributed by atoms with Crippen molar-refractivity contribution >= 4 is 17.8 Å². The summed E-state index contributed by atoms with van der Waals surface area (Å²) in [4.78, 5) is 27.4. The van der Waals surface area contributed by atoms with Crippen molar-refractivity contribution in [2.75, 3.05) is 44.7 Å². The van der Waals surface area contributed by atoms with Crippen LogP contribution < -0.4 is 5.32 Å². The second kappa shape index (κ2) is 7.48. The SMILES string of the molecule is O=C(Nc1ccc(F)cc1)N1CCN(C(=O)OC2CCOC2)CC1. The second-order valence-corrected chi connectivity index (χ2v) is 5.78. The number of nitrogens with one attached hydrogen (secondary N) is 1. The van der Waals surface area contributed by atoms with Crippen LogP contribution in [0, 0.1) is 5.82 Å². The topological polar surface area (TPSA) is 71.1 Å². The highest BCUT2D eigenvalue weighted by Gasteiger charge is 2.28. The molecule has 24 heavy (non-hydrogen) atoms. The highest BCUT2D eigenvalue weighted by atomic mass is 19.1. The largest absolute Gasteiger partial charge is 0.444 e. The number of hydrogen-bond donors (Lipinski definition) is 1. The Labute approximate surface area is 139 Å². The molecule has 7 nitrogen and oxygen atoms in total. The molecule has 130 valence electrons. The average molecular weight is 337 g/mol. The molecule has 1 aromatic rings. The van der Waals surface area contributed by atoms with Crippen LogP contribution >= 0.6 is 0 Å². The van der Waals surface area contributed by atoms with Crippen molar-refractivity contribution in [3.05, 3.63) is 30.1 Å². The highest BCUT2D eigenvalue weighted by molar-refractivity contribution is 5.89. The molecule has 1 N–H and O–H groups in total. The molecule has 0 radical (unpaired) electrons. The first kappa shape index (κ1) is 16.5. The fourth-order valence-corrected chi connectivity index (χ4v) is 2.65. The molecule has 0 aromatic heterocycles. The minimum absolute atomic E-state index is 0.169. The van der Waals surface area contributed by atoms with Crippen molar-refractivity contribution < 1.29 is 23.5 Å². The van der Waals surface area contributed by atoms with E-state index in [4.69, 9.17) is 9.47 Å². The zero-order valence-electron chi connectivity index (χ0n) is 13.2. The van der Waals surface area contributed by atoms with Crippen LogP contribution in [-0.4, -0.2) is 67.4 Å². The van der Waals surface area contributed by atoms with Gasteiger partial charge in [0, 0.05) is 38.3 Å². The molecule has 2 aliphatic rings. The number of anilines is 1. The lowest BCUT2D eigenvalue weighted by Crippen LogP contribution is -2.52. The number of rotatable bonds is 2. The van der Waals surface area contributed by atoms with Gasteiger partial charge in [0.05, 0.1) is 13.2 Å². The summed E-state index contributed by atoms with van der Waals surface area (Å²) in [7, 11) is 0. The third-order valence-corrected chi connectivity index (χ3v) is 4.08. The number of urea groups is 1. The van der Waals surface area contributed by atoms with Gasteiger partial charge in [-0.1, -0.05) is 0 Å². The summed E-state index contributed by atoms with van der Waals surface area (Å²) in [5.74, 6) is -0.354. The molecule has 3 amide bonds. The number of carbonyl (C=O) groups is 2.